The molecule has 0 aliphatic rings. The molecule has 0 unspecified atom stereocenters. The fraction of sp³-hybridized carbons (Fsp3) is 0.118. The Kier molecular flexibility index (Phi) is 3.11. The first kappa shape index (κ1) is 12.6. The van der Waals surface area contributed by atoms with Crippen molar-refractivity contribution in [1.82, 2.24) is 4.98 Å². The van der Waals surface area contributed by atoms with E-state index in [-0.39, 0.29) is 11.4 Å². The minimum atomic E-state index is -0.278. The Morgan fingerprint density at radius 2 is 1.75 bits per heavy atom. The van der Waals surface area contributed by atoms with Crippen LogP contribution in [0.1, 0.15) is 16.7 Å². The van der Waals surface area contributed by atoms with Gasteiger partial charge in [0.2, 0.25) is 0 Å². The molecule has 0 aliphatic heterocycles. The largest absolute Gasteiger partial charge is 0.322 e. The first-order valence-electron chi connectivity index (χ1n) is 6.50. The first-order valence-corrected chi connectivity index (χ1v) is 6.50. The molecule has 0 atom stereocenters. The predicted molar refractivity (Wildman–Crippen MR) is 78.5 cm³/mol. The second-order valence-corrected chi connectivity index (χ2v) is 4.87. The normalized spacial score (nSPS) is 10.9. The van der Waals surface area contributed by atoms with Crippen LogP contribution in [0.2, 0.25) is 0 Å². The van der Waals surface area contributed by atoms with Gasteiger partial charge in [-0.2, -0.15) is 0 Å². The maximum Gasteiger partial charge on any atom is 0.252 e. The summed E-state index contributed by atoms with van der Waals surface area (Å²) < 4.78 is 13.7. The van der Waals surface area contributed by atoms with Gasteiger partial charge in [-0.05, 0) is 30.2 Å². The molecule has 1 aromatic heterocycles. The van der Waals surface area contributed by atoms with Crippen molar-refractivity contribution in [1.29, 1.82) is 0 Å². The van der Waals surface area contributed by atoms with Gasteiger partial charge in [0.25, 0.3) is 5.56 Å². The van der Waals surface area contributed by atoms with E-state index in [1.165, 1.54) is 6.07 Å². The molecule has 0 aliphatic carbocycles. The van der Waals surface area contributed by atoms with Gasteiger partial charge in [0.15, 0.2) is 0 Å². The van der Waals surface area contributed by atoms with E-state index in [4.69, 9.17) is 0 Å². The van der Waals surface area contributed by atoms with Crippen molar-refractivity contribution in [2.75, 3.05) is 0 Å². The van der Waals surface area contributed by atoms with Gasteiger partial charge in [0, 0.05) is 22.9 Å². The van der Waals surface area contributed by atoms with Crippen LogP contribution >= 0.6 is 0 Å². The quantitative estimate of drug-likeness (QED) is 0.756. The molecular formula is C17H14FNO. The molecule has 0 fully saturated rings. The Morgan fingerprint density at radius 3 is 2.55 bits per heavy atom. The van der Waals surface area contributed by atoms with Crippen molar-refractivity contribution in [2.24, 2.45) is 0 Å². The van der Waals surface area contributed by atoms with Crippen molar-refractivity contribution in [2.45, 2.75) is 13.3 Å². The van der Waals surface area contributed by atoms with Gasteiger partial charge < -0.3 is 4.98 Å². The van der Waals surface area contributed by atoms with E-state index in [0.717, 1.165) is 16.5 Å². The molecule has 0 amide bonds. The van der Waals surface area contributed by atoms with E-state index in [1.54, 1.807) is 18.2 Å². The molecule has 3 heteroatoms. The topological polar surface area (TPSA) is 32.9 Å². The van der Waals surface area contributed by atoms with Gasteiger partial charge >= 0.3 is 0 Å². The summed E-state index contributed by atoms with van der Waals surface area (Å²) in [7, 11) is 0. The summed E-state index contributed by atoms with van der Waals surface area (Å²) in [6.45, 7) is 1.91. The lowest BCUT2D eigenvalue weighted by Crippen LogP contribution is -2.15. The van der Waals surface area contributed by atoms with E-state index >= 15 is 0 Å². The Bertz CT molecular complexity index is 836. The van der Waals surface area contributed by atoms with Crippen LogP contribution in [0.3, 0.4) is 0 Å². The Morgan fingerprint density at radius 1 is 1.05 bits per heavy atom. The lowest BCUT2D eigenvalue weighted by molar-refractivity contribution is 0.613. The second kappa shape index (κ2) is 4.93. The first-order chi connectivity index (χ1) is 9.66. The second-order valence-electron chi connectivity index (χ2n) is 4.87. The SMILES string of the molecule is Cc1c(Cc2ccccc2F)c(=O)[nH]c2ccccc12. The zero-order valence-corrected chi connectivity index (χ0v) is 11.1. The lowest BCUT2D eigenvalue weighted by Gasteiger charge is -2.09. The highest BCUT2D eigenvalue weighted by Gasteiger charge is 2.11. The number of aromatic amines is 1. The number of aryl methyl sites for hydroxylation is 1. The van der Waals surface area contributed by atoms with Gasteiger partial charge in [-0.1, -0.05) is 36.4 Å². The average molecular weight is 267 g/mol. The van der Waals surface area contributed by atoms with E-state index in [2.05, 4.69) is 4.98 Å². The van der Waals surface area contributed by atoms with E-state index in [9.17, 15) is 9.18 Å². The predicted octanol–water partition coefficient (Wildman–Crippen LogP) is 3.57. The zero-order valence-electron chi connectivity index (χ0n) is 11.1. The lowest BCUT2D eigenvalue weighted by atomic mass is 9.98. The van der Waals surface area contributed by atoms with Gasteiger partial charge in [-0.15, -0.1) is 0 Å². The van der Waals surface area contributed by atoms with Crippen molar-refractivity contribution in [3.05, 3.63) is 81.4 Å². The number of aromatic nitrogens is 1. The number of para-hydroxylation sites is 1. The average Bonchev–Trinajstić information content (AvgIpc) is 2.45. The van der Waals surface area contributed by atoms with Crippen LogP contribution in [0.25, 0.3) is 10.9 Å². The molecule has 0 radical (unpaired) electrons. The molecule has 1 N–H and O–H groups in total. The number of hydrogen-bond donors (Lipinski definition) is 1. The minimum Gasteiger partial charge on any atom is -0.322 e. The standard InChI is InChI=1S/C17H14FNO/c1-11-13-7-3-5-9-16(13)19-17(20)14(11)10-12-6-2-4-8-15(12)18/h2-9H,10H2,1H3,(H,19,20). The molecule has 2 nitrogen and oxygen atoms in total. The van der Waals surface area contributed by atoms with Crippen LogP contribution in [-0.4, -0.2) is 4.98 Å². The highest BCUT2D eigenvalue weighted by Crippen LogP contribution is 2.20. The fourth-order valence-electron chi connectivity index (χ4n) is 2.49. The van der Waals surface area contributed by atoms with Gasteiger partial charge in [0.1, 0.15) is 5.82 Å². The van der Waals surface area contributed by atoms with Crippen molar-refractivity contribution < 1.29 is 4.39 Å². The fourth-order valence-corrected chi connectivity index (χ4v) is 2.49. The smallest absolute Gasteiger partial charge is 0.252 e. The Hall–Kier alpha value is -2.42. The molecular weight excluding hydrogens is 253 g/mol. The maximum atomic E-state index is 13.7. The zero-order chi connectivity index (χ0) is 14.1. The highest BCUT2D eigenvalue weighted by atomic mass is 19.1. The number of H-pyrrole nitrogens is 1. The molecule has 3 aromatic rings. The number of nitrogens with one attached hydrogen (secondary N) is 1. The third-order valence-corrected chi connectivity index (χ3v) is 3.63. The van der Waals surface area contributed by atoms with E-state index in [0.29, 0.717) is 17.5 Å². The molecule has 0 bridgehead atoms. The number of benzene rings is 2. The third kappa shape index (κ3) is 2.11. The maximum absolute atomic E-state index is 13.7. The van der Waals surface area contributed by atoms with E-state index < -0.39 is 0 Å². The summed E-state index contributed by atoms with van der Waals surface area (Å²) in [6.07, 6.45) is 0.304. The summed E-state index contributed by atoms with van der Waals surface area (Å²) in [5.74, 6) is -0.278. The summed E-state index contributed by atoms with van der Waals surface area (Å²) >= 11 is 0. The number of rotatable bonds is 2. The molecule has 3 rings (SSSR count). The van der Waals surface area contributed by atoms with Crippen LogP contribution < -0.4 is 5.56 Å². The monoisotopic (exact) mass is 267 g/mol. The molecule has 1 heterocycles. The number of pyridine rings is 1. The summed E-state index contributed by atoms with van der Waals surface area (Å²) in [6, 6.07) is 14.2. The van der Waals surface area contributed by atoms with Crippen LogP contribution in [0, 0.1) is 12.7 Å². The third-order valence-electron chi connectivity index (χ3n) is 3.63. The van der Waals surface area contributed by atoms with Gasteiger partial charge in [-0.25, -0.2) is 4.39 Å². The van der Waals surface area contributed by atoms with Crippen molar-refractivity contribution in [3.8, 4) is 0 Å². The van der Waals surface area contributed by atoms with Gasteiger partial charge in [0.05, 0.1) is 0 Å². The summed E-state index contributed by atoms with van der Waals surface area (Å²) in [5.41, 5.74) is 2.73. The summed E-state index contributed by atoms with van der Waals surface area (Å²) in [5, 5.41) is 0.999. The Labute approximate surface area is 115 Å². The van der Waals surface area contributed by atoms with E-state index in [1.807, 2.05) is 31.2 Å². The number of hydrogen-bond acceptors (Lipinski definition) is 1. The van der Waals surface area contributed by atoms with Gasteiger partial charge in [-0.3, -0.25) is 4.79 Å². The van der Waals surface area contributed by atoms with Crippen molar-refractivity contribution in [3.63, 3.8) is 0 Å². The molecule has 100 valence electrons. The van der Waals surface area contributed by atoms with Crippen LogP contribution in [0.5, 0.6) is 0 Å². The molecule has 0 saturated carbocycles. The minimum absolute atomic E-state index is 0.149. The molecule has 0 spiro atoms. The van der Waals surface area contributed by atoms with Crippen LogP contribution in [0.4, 0.5) is 4.39 Å². The number of halogens is 1. The van der Waals surface area contributed by atoms with Crippen LogP contribution in [0.15, 0.2) is 53.3 Å². The van der Waals surface area contributed by atoms with Crippen LogP contribution in [-0.2, 0) is 6.42 Å². The number of fused-ring (bicyclic) bond motifs is 1. The molecule has 2 aromatic carbocycles. The highest BCUT2D eigenvalue weighted by molar-refractivity contribution is 5.82. The summed E-state index contributed by atoms with van der Waals surface area (Å²) in [4.78, 5) is 15.1. The molecule has 0 saturated heterocycles. The van der Waals surface area contributed by atoms with Crippen molar-refractivity contribution >= 4 is 10.9 Å². The molecule has 20 heavy (non-hydrogen) atoms. The Balaban J connectivity index is 2.17.